The summed E-state index contributed by atoms with van der Waals surface area (Å²) in [5.74, 6) is -2.28. The number of carboxylic acids is 1. The standard InChI is InChI=1S/C63H111NO8/c1-6-8-10-12-14-16-18-20-22-24-26-27-28-29-30-31-32-33-34-35-36-38-40-42-44-46-48-50-52-54-61(66)72-59(58-71-63(62(67)68)69-56-55-64(3,4)5)57-70-60(65)53-51-49-47-45-43-41-39-37-25-23-21-19-17-15-13-11-9-7-2/h8,10,14,16,20,22,26-27,29-30,32-33,59,63H,6-7,9,11-13,15,17-19,21,23-25,28,31,34-58H2,1-5H3/b10-8-,16-14-,22-20-,27-26-,30-29-,33-32-. The van der Waals surface area contributed by atoms with Gasteiger partial charge in [0.2, 0.25) is 0 Å². The number of allylic oxidation sites excluding steroid dienone is 12. The van der Waals surface area contributed by atoms with Crippen LogP contribution in [-0.4, -0.2) is 82.3 Å². The third-order valence-electron chi connectivity index (χ3n) is 12.7. The van der Waals surface area contributed by atoms with Gasteiger partial charge < -0.3 is 33.3 Å². The first-order valence-electron chi connectivity index (χ1n) is 29.6. The average molecular weight is 1010 g/mol. The van der Waals surface area contributed by atoms with Crippen molar-refractivity contribution in [3.05, 3.63) is 72.9 Å². The van der Waals surface area contributed by atoms with Crippen molar-refractivity contribution in [3.63, 3.8) is 0 Å². The minimum Gasteiger partial charge on any atom is -0.545 e. The van der Waals surface area contributed by atoms with E-state index >= 15 is 0 Å². The van der Waals surface area contributed by atoms with Crippen LogP contribution in [-0.2, 0) is 33.3 Å². The Morgan fingerprint density at radius 1 is 0.431 bits per heavy atom. The number of aliphatic carboxylic acids is 1. The predicted octanol–water partition coefficient (Wildman–Crippen LogP) is 16.1. The van der Waals surface area contributed by atoms with E-state index in [4.69, 9.17) is 18.9 Å². The molecule has 72 heavy (non-hydrogen) atoms. The molecule has 0 fully saturated rings. The summed E-state index contributed by atoms with van der Waals surface area (Å²) in [4.78, 5) is 37.3. The van der Waals surface area contributed by atoms with Crippen molar-refractivity contribution >= 4 is 17.9 Å². The summed E-state index contributed by atoms with van der Waals surface area (Å²) < 4.78 is 22.7. The summed E-state index contributed by atoms with van der Waals surface area (Å²) >= 11 is 0. The van der Waals surface area contributed by atoms with Crippen LogP contribution >= 0.6 is 0 Å². The summed E-state index contributed by atoms with van der Waals surface area (Å²) in [7, 11) is 5.92. The van der Waals surface area contributed by atoms with Crippen LogP contribution in [0.25, 0.3) is 0 Å². The molecule has 0 bridgehead atoms. The molecule has 0 aliphatic heterocycles. The van der Waals surface area contributed by atoms with Crippen molar-refractivity contribution in [2.24, 2.45) is 0 Å². The van der Waals surface area contributed by atoms with E-state index in [-0.39, 0.29) is 32.2 Å². The van der Waals surface area contributed by atoms with Gasteiger partial charge in [-0.3, -0.25) is 9.59 Å². The maximum atomic E-state index is 12.9. The van der Waals surface area contributed by atoms with Crippen molar-refractivity contribution in [2.45, 2.75) is 264 Å². The first-order valence-corrected chi connectivity index (χ1v) is 29.6. The molecule has 9 heteroatoms. The number of carbonyl (C=O) groups is 3. The Morgan fingerprint density at radius 2 is 0.792 bits per heavy atom. The molecule has 0 spiro atoms. The second kappa shape index (κ2) is 54.0. The number of esters is 2. The molecule has 0 saturated carbocycles. The van der Waals surface area contributed by atoms with Crippen LogP contribution in [0.1, 0.15) is 251 Å². The van der Waals surface area contributed by atoms with E-state index in [0.717, 1.165) is 83.5 Å². The molecule has 0 aromatic heterocycles. The number of carboxylic acid groups (broad SMARTS) is 1. The molecular weight excluding hydrogens is 899 g/mol. The van der Waals surface area contributed by atoms with E-state index in [9.17, 15) is 19.5 Å². The van der Waals surface area contributed by atoms with Gasteiger partial charge in [-0.2, -0.15) is 0 Å². The summed E-state index contributed by atoms with van der Waals surface area (Å²) in [6.07, 6.45) is 66.6. The number of ether oxygens (including phenoxy) is 4. The lowest BCUT2D eigenvalue weighted by atomic mass is 10.0. The Morgan fingerprint density at radius 3 is 1.18 bits per heavy atom. The fraction of sp³-hybridized carbons (Fsp3) is 0.762. The number of hydrogen-bond donors (Lipinski definition) is 0. The minimum absolute atomic E-state index is 0.146. The van der Waals surface area contributed by atoms with Gasteiger partial charge in [0.15, 0.2) is 12.4 Å². The molecule has 0 aromatic carbocycles. The maximum absolute atomic E-state index is 12.9. The van der Waals surface area contributed by atoms with Crippen LogP contribution in [0.15, 0.2) is 72.9 Å². The smallest absolute Gasteiger partial charge is 0.306 e. The van der Waals surface area contributed by atoms with E-state index in [2.05, 4.69) is 86.8 Å². The van der Waals surface area contributed by atoms with Gasteiger partial charge in [0.05, 0.1) is 40.3 Å². The second-order valence-electron chi connectivity index (χ2n) is 20.9. The normalized spacial score (nSPS) is 13.3. The van der Waals surface area contributed by atoms with Gasteiger partial charge in [-0.15, -0.1) is 0 Å². The molecule has 0 N–H and O–H groups in total. The number of unbranched alkanes of at least 4 members (excludes halogenated alkanes) is 27. The van der Waals surface area contributed by atoms with E-state index < -0.39 is 24.3 Å². The number of rotatable bonds is 54. The summed E-state index contributed by atoms with van der Waals surface area (Å²) in [6.45, 7) is 4.65. The van der Waals surface area contributed by atoms with Crippen LogP contribution in [0.2, 0.25) is 0 Å². The SMILES string of the molecule is CC/C=C\C/C=C\C/C=C\C/C=C\C/C=C\C/C=C\CCCCCCCCCCCCC(=O)OC(COC(=O)CCCCCCCCCCCCCCCCCCCC)COC(OCC[N+](C)(C)C)C(=O)[O-]. The Balaban J connectivity index is 4.23. The highest BCUT2D eigenvalue weighted by molar-refractivity contribution is 5.70. The van der Waals surface area contributed by atoms with Crippen LogP contribution in [0.5, 0.6) is 0 Å². The van der Waals surface area contributed by atoms with Crippen molar-refractivity contribution in [3.8, 4) is 0 Å². The van der Waals surface area contributed by atoms with E-state index in [0.29, 0.717) is 23.9 Å². The highest BCUT2D eigenvalue weighted by Crippen LogP contribution is 2.16. The highest BCUT2D eigenvalue weighted by atomic mass is 16.7. The van der Waals surface area contributed by atoms with E-state index in [1.807, 2.05) is 21.1 Å². The predicted molar refractivity (Wildman–Crippen MR) is 301 cm³/mol. The number of nitrogens with zero attached hydrogens (tertiary/aromatic N) is 1. The monoisotopic (exact) mass is 1010 g/mol. The molecule has 0 aromatic rings. The maximum Gasteiger partial charge on any atom is 0.306 e. The quantitative estimate of drug-likeness (QED) is 0.0195. The van der Waals surface area contributed by atoms with Crippen LogP contribution in [0.4, 0.5) is 0 Å². The molecule has 0 radical (unpaired) electrons. The average Bonchev–Trinajstić information content (AvgIpc) is 3.35. The Labute approximate surface area is 443 Å². The van der Waals surface area contributed by atoms with E-state index in [1.54, 1.807) is 0 Å². The van der Waals surface area contributed by atoms with Gasteiger partial charge in [-0.1, -0.05) is 247 Å². The van der Waals surface area contributed by atoms with Crippen molar-refractivity contribution < 1.29 is 42.9 Å². The molecule has 2 atom stereocenters. The fourth-order valence-electron chi connectivity index (χ4n) is 8.19. The van der Waals surface area contributed by atoms with Gasteiger partial charge in [0.25, 0.3) is 0 Å². The molecular formula is C63H111NO8. The number of hydrogen-bond acceptors (Lipinski definition) is 8. The molecule has 0 amide bonds. The molecule has 0 rings (SSSR count). The summed E-state index contributed by atoms with van der Waals surface area (Å²) in [5.41, 5.74) is 0. The van der Waals surface area contributed by atoms with Gasteiger partial charge in [-0.25, -0.2) is 0 Å². The lowest BCUT2D eigenvalue weighted by Gasteiger charge is -2.26. The zero-order chi connectivity index (χ0) is 52.7. The number of quaternary nitrogens is 1. The zero-order valence-electron chi connectivity index (χ0n) is 47.3. The van der Waals surface area contributed by atoms with Crippen molar-refractivity contribution in [2.75, 3.05) is 47.5 Å². The molecule has 9 nitrogen and oxygen atoms in total. The Hall–Kier alpha value is -3.27. The molecule has 0 aliphatic rings. The summed E-state index contributed by atoms with van der Waals surface area (Å²) in [6, 6.07) is 0. The molecule has 2 unspecified atom stereocenters. The third-order valence-corrected chi connectivity index (χ3v) is 12.7. The third kappa shape index (κ3) is 54.5. The summed E-state index contributed by atoms with van der Waals surface area (Å²) in [5, 5.41) is 11.8. The Bertz CT molecular complexity index is 1410. The first kappa shape index (κ1) is 68.7. The second-order valence-corrected chi connectivity index (χ2v) is 20.9. The van der Waals surface area contributed by atoms with Crippen molar-refractivity contribution in [1.29, 1.82) is 0 Å². The largest absolute Gasteiger partial charge is 0.545 e. The lowest BCUT2D eigenvalue weighted by Crippen LogP contribution is -2.44. The number of likely N-dealkylation sites (N-methyl/N-ethyl adjacent to an activating group) is 1. The molecule has 0 aliphatic carbocycles. The minimum atomic E-state index is -1.62. The van der Waals surface area contributed by atoms with Crippen LogP contribution < -0.4 is 5.11 Å². The van der Waals surface area contributed by atoms with Gasteiger partial charge >= 0.3 is 11.9 Å². The molecule has 0 heterocycles. The molecule has 416 valence electrons. The van der Waals surface area contributed by atoms with Gasteiger partial charge in [0.1, 0.15) is 13.2 Å². The van der Waals surface area contributed by atoms with Crippen molar-refractivity contribution in [1.82, 2.24) is 0 Å². The first-order chi connectivity index (χ1) is 35.1. The fourth-order valence-corrected chi connectivity index (χ4v) is 8.19. The lowest BCUT2D eigenvalue weighted by molar-refractivity contribution is -0.870. The Kier molecular flexibility index (Phi) is 51.6. The topological polar surface area (TPSA) is 111 Å². The van der Waals surface area contributed by atoms with Crippen LogP contribution in [0, 0.1) is 0 Å². The van der Waals surface area contributed by atoms with Gasteiger partial charge in [-0.05, 0) is 64.2 Å². The number of carbonyl (C=O) groups excluding carboxylic acids is 3. The zero-order valence-corrected chi connectivity index (χ0v) is 47.3. The highest BCUT2D eigenvalue weighted by Gasteiger charge is 2.22. The van der Waals surface area contributed by atoms with Gasteiger partial charge in [0, 0.05) is 12.8 Å². The molecule has 0 saturated heterocycles. The van der Waals surface area contributed by atoms with Crippen LogP contribution in [0.3, 0.4) is 0 Å². The van der Waals surface area contributed by atoms with E-state index in [1.165, 1.54) is 135 Å².